The average molecular weight is 355 g/mol. The molecular formula is C17H13N3O6. The Bertz CT molecular complexity index is 984. The molecule has 9 nitrogen and oxygen atoms in total. The number of aryl methyl sites for hydroxylation is 1. The van der Waals surface area contributed by atoms with Crippen LogP contribution in [0.25, 0.3) is 11.5 Å². The number of hydrogen-bond donors (Lipinski definition) is 0. The Morgan fingerprint density at radius 3 is 2.81 bits per heavy atom. The van der Waals surface area contributed by atoms with Gasteiger partial charge in [0, 0.05) is 23.3 Å². The Kier molecular flexibility index (Phi) is 3.88. The zero-order chi connectivity index (χ0) is 18.1. The standard InChI is InChI=1S/C17H13N3O6/c1-10-6-11(2-4-13(10)20(21)22)17-19-18-16(26-17)8-23-12-3-5-14-15(7-12)25-9-24-14/h2-7H,8-9H2,1H3. The van der Waals surface area contributed by atoms with Crippen LogP contribution in [0, 0.1) is 17.0 Å². The van der Waals surface area contributed by atoms with Crippen LogP contribution in [0.1, 0.15) is 11.5 Å². The number of rotatable bonds is 5. The Balaban J connectivity index is 1.46. The topological polar surface area (TPSA) is 110 Å². The van der Waals surface area contributed by atoms with Crippen LogP contribution in [0.15, 0.2) is 40.8 Å². The number of benzene rings is 2. The largest absolute Gasteiger partial charge is 0.484 e. The molecule has 0 aliphatic carbocycles. The molecule has 0 amide bonds. The predicted octanol–water partition coefficient (Wildman–Crippen LogP) is 3.26. The van der Waals surface area contributed by atoms with Gasteiger partial charge in [0.15, 0.2) is 18.1 Å². The summed E-state index contributed by atoms with van der Waals surface area (Å²) in [6.45, 7) is 1.93. The van der Waals surface area contributed by atoms with E-state index in [-0.39, 0.29) is 30.9 Å². The Morgan fingerprint density at radius 2 is 2.00 bits per heavy atom. The molecule has 26 heavy (non-hydrogen) atoms. The summed E-state index contributed by atoms with van der Waals surface area (Å²) in [5, 5.41) is 18.8. The van der Waals surface area contributed by atoms with Crippen molar-refractivity contribution in [3.05, 3.63) is 58.0 Å². The quantitative estimate of drug-likeness (QED) is 0.506. The van der Waals surface area contributed by atoms with E-state index in [1.54, 1.807) is 37.3 Å². The van der Waals surface area contributed by atoms with Gasteiger partial charge in [-0.3, -0.25) is 10.1 Å². The van der Waals surface area contributed by atoms with Crippen molar-refractivity contribution in [3.63, 3.8) is 0 Å². The van der Waals surface area contributed by atoms with E-state index in [1.807, 2.05) is 0 Å². The van der Waals surface area contributed by atoms with E-state index in [1.165, 1.54) is 6.07 Å². The molecule has 9 heteroatoms. The molecular weight excluding hydrogens is 342 g/mol. The van der Waals surface area contributed by atoms with Crippen molar-refractivity contribution in [3.8, 4) is 28.7 Å². The first-order chi connectivity index (χ1) is 12.6. The minimum Gasteiger partial charge on any atom is -0.484 e. The molecule has 1 aliphatic rings. The highest BCUT2D eigenvalue weighted by atomic mass is 16.7. The van der Waals surface area contributed by atoms with E-state index in [9.17, 15) is 10.1 Å². The molecule has 0 bridgehead atoms. The van der Waals surface area contributed by atoms with Crippen LogP contribution >= 0.6 is 0 Å². The molecule has 0 saturated heterocycles. The predicted molar refractivity (Wildman–Crippen MR) is 88.0 cm³/mol. The number of nitro benzene ring substituents is 1. The average Bonchev–Trinajstić information content (AvgIpc) is 3.28. The van der Waals surface area contributed by atoms with Gasteiger partial charge in [0.05, 0.1) is 4.92 Å². The van der Waals surface area contributed by atoms with E-state index >= 15 is 0 Å². The summed E-state index contributed by atoms with van der Waals surface area (Å²) in [7, 11) is 0. The zero-order valence-corrected chi connectivity index (χ0v) is 13.7. The van der Waals surface area contributed by atoms with Crippen LogP contribution in [-0.4, -0.2) is 21.9 Å². The second kappa shape index (κ2) is 6.36. The summed E-state index contributed by atoms with van der Waals surface area (Å²) in [4.78, 5) is 10.5. The molecule has 0 saturated carbocycles. The van der Waals surface area contributed by atoms with Crippen LogP contribution in [0.4, 0.5) is 5.69 Å². The maximum atomic E-state index is 10.9. The molecule has 1 aromatic heterocycles. The van der Waals surface area contributed by atoms with Gasteiger partial charge in [0.1, 0.15) is 5.75 Å². The molecule has 132 valence electrons. The van der Waals surface area contributed by atoms with Crippen LogP contribution in [0.2, 0.25) is 0 Å². The summed E-state index contributed by atoms with van der Waals surface area (Å²) in [5.74, 6) is 2.43. The minimum absolute atomic E-state index is 0.0413. The van der Waals surface area contributed by atoms with Gasteiger partial charge >= 0.3 is 0 Å². The highest BCUT2D eigenvalue weighted by Gasteiger charge is 2.16. The summed E-state index contributed by atoms with van der Waals surface area (Å²) < 4.78 is 21.7. The molecule has 0 radical (unpaired) electrons. The van der Waals surface area contributed by atoms with E-state index in [0.29, 0.717) is 28.4 Å². The van der Waals surface area contributed by atoms with Gasteiger partial charge in [0.25, 0.3) is 11.6 Å². The van der Waals surface area contributed by atoms with E-state index in [2.05, 4.69) is 10.2 Å². The van der Waals surface area contributed by atoms with Gasteiger partial charge in [-0.05, 0) is 31.2 Å². The summed E-state index contributed by atoms with van der Waals surface area (Å²) in [6.07, 6.45) is 0. The normalized spacial score (nSPS) is 12.2. The van der Waals surface area contributed by atoms with Gasteiger partial charge < -0.3 is 18.6 Å². The van der Waals surface area contributed by atoms with Gasteiger partial charge in [-0.15, -0.1) is 10.2 Å². The molecule has 0 fully saturated rings. The minimum atomic E-state index is -0.433. The Morgan fingerprint density at radius 1 is 1.15 bits per heavy atom. The molecule has 3 aromatic rings. The fraction of sp³-hybridized carbons (Fsp3) is 0.176. The van der Waals surface area contributed by atoms with Crippen molar-refractivity contribution in [2.75, 3.05) is 6.79 Å². The third kappa shape index (κ3) is 3.02. The number of nitrogens with zero attached hydrogens (tertiary/aromatic N) is 3. The number of nitro groups is 1. The SMILES string of the molecule is Cc1cc(-c2nnc(COc3ccc4c(c3)OCO4)o2)ccc1[N+](=O)[O-]. The first-order valence-electron chi connectivity index (χ1n) is 7.70. The molecule has 0 atom stereocenters. The van der Waals surface area contributed by atoms with Crippen molar-refractivity contribution in [1.82, 2.24) is 10.2 Å². The molecule has 0 spiro atoms. The molecule has 0 N–H and O–H groups in total. The van der Waals surface area contributed by atoms with Crippen molar-refractivity contribution < 1.29 is 23.6 Å². The molecule has 1 aliphatic heterocycles. The lowest BCUT2D eigenvalue weighted by atomic mass is 10.1. The van der Waals surface area contributed by atoms with Gasteiger partial charge in [-0.1, -0.05) is 0 Å². The van der Waals surface area contributed by atoms with Gasteiger partial charge in [0.2, 0.25) is 12.7 Å². The molecule has 0 unspecified atom stereocenters. The smallest absolute Gasteiger partial charge is 0.272 e. The van der Waals surface area contributed by atoms with Crippen LogP contribution in [0.5, 0.6) is 17.2 Å². The molecule has 2 heterocycles. The summed E-state index contributed by atoms with van der Waals surface area (Å²) in [5.41, 5.74) is 1.17. The maximum Gasteiger partial charge on any atom is 0.272 e. The van der Waals surface area contributed by atoms with Crippen LogP contribution in [-0.2, 0) is 6.61 Å². The second-order valence-corrected chi connectivity index (χ2v) is 5.56. The second-order valence-electron chi connectivity index (χ2n) is 5.56. The number of hydrogen-bond acceptors (Lipinski definition) is 8. The monoisotopic (exact) mass is 355 g/mol. The van der Waals surface area contributed by atoms with E-state index < -0.39 is 4.92 Å². The zero-order valence-electron chi connectivity index (χ0n) is 13.7. The maximum absolute atomic E-state index is 10.9. The number of ether oxygens (including phenoxy) is 3. The first-order valence-corrected chi connectivity index (χ1v) is 7.70. The molecule has 4 rings (SSSR count). The lowest BCUT2D eigenvalue weighted by Crippen LogP contribution is -1.95. The fourth-order valence-corrected chi connectivity index (χ4v) is 2.53. The highest BCUT2D eigenvalue weighted by molar-refractivity contribution is 5.58. The third-order valence-electron chi connectivity index (χ3n) is 3.81. The summed E-state index contributed by atoms with van der Waals surface area (Å²) in [6, 6.07) is 9.85. The number of fused-ring (bicyclic) bond motifs is 1. The first kappa shape index (κ1) is 15.9. The van der Waals surface area contributed by atoms with Gasteiger partial charge in [-0.25, -0.2) is 0 Å². The van der Waals surface area contributed by atoms with Crippen molar-refractivity contribution in [2.24, 2.45) is 0 Å². The highest BCUT2D eigenvalue weighted by Crippen LogP contribution is 2.35. The fourth-order valence-electron chi connectivity index (χ4n) is 2.53. The Labute approximate surface area is 147 Å². The number of aromatic nitrogens is 2. The van der Waals surface area contributed by atoms with E-state index in [4.69, 9.17) is 18.6 Å². The van der Waals surface area contributed by atoms with Gasteiger partial charge in [-0.2, -0.15) is 0 Å². The lowest BCUT2D eigenvalue weighted by molar-refractivity contribution is -0.385. The van der Waals surface area contributed by atoms with Crippen LogP contribution < -0.4 is 14.2 Å². The Hall–Kier alpha value is -3.62. The van der Waals surface area contributed by atoms with Crippen molar-refractivity contribution in [2.45, 2.75) is 13.5 Å². The summed E-state index contributed by atoms with van der Waals surface area (Å²) >= 11 is 0. The van der Waals surface area contributed by atoms with Crippen molar-refractivity contribution >= 4 is 5.69 Å². The lowest BCUT2D eigenvalue weighted by Gasteiger charge is -2.04. The molecule has 2 aromatic carbocycles. The van der Waals surface area contributed by atoms with E-state index in [0.717, 1.165) is 0 Å². The third-order valence-corrected chi connectivity index (χ3v) is 3.81. The van der Waals surface area contributed by atoms with Crippen molar-refractivity contribution in [1.29, 1.82) is 0 Å². The van der Waals surface area contributed by atoms with Crippen LogP contribution in [0.3, 0.4) is 0 Å².